The summed E-state index contributed by atoms with van der Waals surface area (Å²) in [5, 5.41) is 1.78. The molecule has 15 heavy (non-hydrogen) atoms. The van der Waals surface area contributed by atoms with Gasteiger partial charge in [0.1, 0.15) is 0 Å². The van der Waals surface area contributed by atoms with Crippen LogP contribution in [0.25, 0.3) is 0 Å². The Morgan fingerprint density at radius 1 is 1.33 bits per heavy atom. The number of anilines is 1. The number of amides is 2. The van der Waals surface area contributed by atoms with E-state index in [4.69, 9.17) is 4.84 Å². The van der Waals surface area contributed by atoms with Crippen molar-refractivity contribution in [3.63, 3.8) is 0 Å². The Morgan fingerprint density at radius 2 is 1.93 bits per heavy atom. The fraction of sp³-hybridized carbons (Fsp3) is 0.200. The molecular weight excluding hydrogens is 196 g/mol. The van der Waals surface area contributed by atoms with Crippen LogP contribution in [0.1, 0.15) is 6.92 Å². The summed E-state index contributed by atoms with van der Waals surface area (Å²) in [5.41, 5.74) is 0.504. The van der Waals surface area contributed by atoms with Gasteiger partial charge in [-0.25, -0.2) is 0 Å². The molecule has 0 N–H and O–H groups in total. The highest BCUT2D eigenvalue weighted by Gasteiger charge is 2.18. The molecule has 1 rings (SSSR count). The van der Waals surface area contributed by atoms with Crippen molar-refractivity contribution < 1.29 is 14.4 Å². The van der Waals surface area contributed by atoms with Crippen LogP contribution in [0.3, 0.4) is 0 Å². The van der Waals surface area contributed by atoms with E-state index in [2.05, 4.69) is 0 Å². The van der Waals surface area contributed by atoms with Gasteiger partial charge < -0.3 is 0 Å². The van der Waals surface area contributed by atoms with Gasteiger partial charge in [-0.1, -0.05) is 18.2 Å². The maximum Gasteiger partial charge on any atom is 0.339 e. The van der Waals surface area contributed by atoms with Gasteiger partial charge in [0.2, 0.25) is 0 Å². The molecule has 2 amide bonds. The Kier molecular flexibility index (Phi) is 3.82. The molecule has 0 bridgehead atoms. The highest BCUT2D eigenvalue weighted by molar-refractivity contribution is 5.82. The van der Waals surface area contributed by atoms with Crippen molar-refractivity contribution in [1.29, 1.82) is 0 Å². The summed E-state index contributed by atoms with van der Waals surface area (Å²) in [6, 6.07) is 8.62. The average molecular weight is 207 g/mol. The number of carbonyl (C=O) groups is 1. The Labute approximate surface area is 87.8 Å². The molecule has 0 unspecified atom stereocenters. The lowest BCUT2D eigenvalue weighted by molar-refractivity contribution is -0.172. The zero-order valence-corrected chi connectivity index (χ0v) is 8.51. The number of benzene rings is 1. The number of hydroxylamine groups is 1. The third-order valence-electron chi connectivity index (χ3n) is 1.71. The summed E-state index contributed by atoms with van der Waals surface area (Å²) in [6.45, 7) is 1.29. The van der Waals surface area contributed by atoms with Crippen molar-refractivity contribution >= 4 is 18.0 Å². The maximum atomic E-state index is 11.1. The van der Waals surface area contributed by atoms with Gasteiger partial charge in [-0.2, -0.15) is 5.01 Å². The second-order valence-corrected chi connectivity index (χ2v) is 2.71. The van der Waals surface area contributed by atoms with Crippen molar-refractivity contribution in [1.82, 2.24) is 5.17 Å². The van der Waals surface area contributed by atoms with E-state index in [1.807, 2.05) is 0 Å². The second kappa shape index (κ2) is 5.11. The van der Waals surface area contributed by atoms with Crippen LogP contribution in [0.4, 0.5) is 5.69 Å². The fourth-order valence-electron chi connectivity index (χ4n) is 1.11. The number of hydrogen-bond donors (Lipinski definition) is 0. The van der Waals surface area contributed by atoms with Gasteiger partial charge in [0.15, 0.2) is 0 Å². The minimum absolute atomic E-state index is 0.412. The van der Waals surface area contributed by atoms with E-state index < -0.39 is 5.91 Å². The Morgan fingerprint density at radius 3 is 2.33 bits per heavy atom. The lowest BCUT2D eigenvalue weighted by Crippen LogP contribution is -2.44. The van der Waals surface area contributed by atoms with E-state index in [1.54, 1.807) is 36.7 Å². The summed E-state index contributed by atoms with van der Waals surface area (Å²) in [5.74, 6) is -0.412. The largest absolute Gasteiger partial charge is 0.339 e. The van der Waals surface area contributed by atoms with Gasteiger partial charge in [-0.15, -0.1) is 5.17 Å². The number of nitrogens with zero attached hydrogens (tertiary/aromatic N) is 2. The first-order valence-corrected chi connectivity index (χ1v) is 4.28. The summed E-state index contributed by atoms with van der Waals surface area (Å²) < 4.78 is 0. The quantitative estimate of drug-likeness (QED) is 0.544. The van der Waals surface area contributed by atoms with Crippen molar-refractivity contribution in [2.75, 3.05) is 12.1 Å². The molecule has 1 aromatic carbocycles. The predicted octanol–water partition coefficient (Wildman–Crippen LogP) is 0.885. The molecule has 0 atom stereocenters. The molecule has 0 spiro atoms. The molecule has 0 heterocycles. The van der Waals surface area contributed by atoms with Gasteiger partial charge in [0, 0.05) is 6.92 Å². The minimum atomic E-state index is -0.412. The van der Waals surface area contributed by atoms with Crippen LogP contribution >= 0.6 is 0 Å². The van der Waals surface area contributed by atoms with E-state index in [1.165, 1.54) is 14.0 Å². The monoisotopic (exact) mass is 207 g/mol. The molecule has 0 aliphatic heterocycles. The number of rotatable bonds is 4. The van der Waals surface area contributed by atoms with Crippen LogP contribution in [-0.4, -0.2) is 24.6 Å². The van der Waals surface area contributed by atoms with Crippen molar-refractivity contribution in [2.45, 2.75) is 6.92 Å². The first-order chi connectivity index (χ1) is 7.20. The number of hydrazine groups is 1. The third-order valence-corrected chi connectivity index (χ3v) is 1.71. The van der Waals surface area contributed by atoms with Crippen LogP contribution in [0.5, 0.6) is 0 Å². The molecular formula is C10H11N2O3. The summed E-state index contributed by atoms with van der Waals surface area (Å²) in [6.07, 6.45) is 1.61. The Balaban J connectivity index is 2.97. The summed E-state index contributed by atoms with van der Waals surface area (Å²) in [4.78, 5) is 26.6. The van der Waals surface area contributed by atoms with E-state index in [0.717, 1.165) is 10.2 Å². The molecule has 0 aliphatic carbocycles. The number of para-hydroxylation sites is 1. The lowest BCUT2D eigenvalue weighted by Gasteiger charge is -2.26. The molecule has 0 fully saturated rings. The predicted molar refractivity (Wildman–Crippen MR) is 54.1 cm³/mol. The zero-order valence-electron chi connectivity index (χ0n) is 8.51. The van der Waals surface area contributed by atoms with Crippen LogP contribution in [-0.2, 0) is 14.4 Å². The molecule has 5 nitrogen and oxygen atoms in total. The van der Waals surface area contributed by atoms with Crippen LogP contribution < -0.4 is 5.01 Å². The molecule has 79 valence electrons. The van der Waals surface area contributed by atoms with Crippen LogP contribution in [0.15, 0.2) is 30.3 Å². The normalized spacial score (nSPS) is 9.47. The van der Waals surface area contributed by atoms with E-state index in [-0.39, 0.29) is 0 Å². The molecule has 5 heteroatoms. The highest BCUT2D eigenvalue weighted by Crippen LogP contribution is 2.14. The molecule has 0 saturated carbocycles. The van der Waals surface area contributed by atoms with Gasteiger partial charge in [0.05, 0.1) is 12.8 Å². The molecule has 1 aromatic rings. The Bertz CT molecular complexity index is 340. The first-order valence-electron chi connectivity index (χ1n) is 4.28. The number of carbonyl (C=O) groups excluding carboxylic acids is 2. The summed E-state index contributed by atoms with van der Waals surface area (Å²) in [7, 11) is 1.30. The lowest BCUT2D eigenvalue weighted by atomic mass is 10.3. The van der Waals surface area contributed by atoms with Gasteiger partial charge in [-0.3, -0.25) is 14.4 Å². The third kappa shape index (κ3) is 2.54. The minimum Gasteiger partial charge on any atom is -0.271 e. The molecule has 0 aromatic heterocycles. The van der Waals surface area contributed by atoms with E-state index in [0.29, 0.717) is 5.69 Å². The summed E-state index contributed by atoms with van der Waals surface area (Å²) >= 11 is 0. The SMILES string of the molecule is CON(C(C)=O)N([C]=O)c1ccccc1. The second-order valence-electron chi connectivity index (χ2n) is 2.71. The van der Waals surface area contributed by atoms with Crippen molar-refractivity contribution in [3.05, 3.63) is 30.3 Å². The smallest absolute Gasteiger partial charge is 0.271 e. The first kappa shape index (κ1) is 11.2. The van der Waals surface area contributed by atoms with Crippen LogP contribution in [0.2, 0.25) is 0 Å². The van der Waals surface area contributed by atoms with Crippen molar-refractivity contribution in [2.24, 2.45) is 0 Å². The number of hydrogen-bond acceptors (Lipinski definition) is 3. The topological polar surface area (TPSA) is 49.9 Å². The van der Waals surface area contributed by atoms with Gasteiger partial charge in [0.25, 0.3) is 5.91 Å². The van der Waals surface area contributed by atoms with Gasteiger partial charge >= 0.3 is 6.41 Å². The van der Waals surface area contributed by atoms with Crippen molar-refractivity contribution in [3.8, 4) is 0 Å². The fourth-order valence-corrected chi connectivity index (χ4v) is 1.11. The molecule has 1 radical (unpaired) electrons. The van der Waals surface area contributed by atoms with Crippen LogP contribution in [0, 0.1) is 0 Å². The average Bonchev–Trinajstić information content (AvgIpc) is 2.26. The highest BCUT2D eigenvalue weighted by atomic mass is 16.7. The van der Waals surface area contributed by atoms with Gasteiger partial charge in [-0.05, 0) is 12.1 Å². The zero-order chi connectivity index (χ0) is 11.3. The molecule has 0 aliphatic rings. The maximum absolute atomic E-state index is 11.1. The van der Waals surface area contributed by atoms with E-state index >= 15 is 0 Å². The van der Waals surface area contributed by atoms with E-state index in [9.17, 15) is 9.59 Å². The standard InChI is InChI=1S/C10H11N2O3/c1-9(14)12(15-2)11(8-13)10-6-4-3-5-7-10/h3-7H,1-2H3. The Hall–Kier alpha value is -1.88. The molecule has 0 saturated heterocycles.